The number of rotatable bonds is 1. The van der Waals surface area contributed by atoms with Crippen LogP contribution in [0.4, 0.5) is 11.6 Å². The van der Waals surface area contributed by atoms with Crippen molar-refractivity contribution in [1.82, 2.24) is 29.9 Å². The third kappa shape index (κ3) is 7.65. The molecule has 0 spiro atoms. The molecule has 4 aromatic rings. The summed E-state index contributed by atoms with van der Waals surface area (Å²) in [5, 5.41) is 11.3. The minimum atomic E-state index is 0.472. The lowest BCUT2D eigenvalue weighted by molar-refractivity contribution is 0.879. The normalized spacial score (nSPS) is 9.59. The van der Waals surface area contributed by atoms with Crippen molar-refractivity contribution >= 4 is 50.8 Å². The second kappa shape index (κ2) is 10.5. The lowest BCUT2D eigenvalue weighted by Crippen LogP contribution is -1.96. The van der Waals surface area contributed by atoms with Crippen molar-refractivity contribution in [2.45, 2.75) is 0 Å². The molecule has 4 aromatic heterocycles. The van der Waals surface area contributed by atoms with Crippen molar-refractivity contribution in [3.63, 3.8) is 0 Å². The average Bonchev–Trinajstić information content (AvgIpc) is 3.27. The topological polar surface area (TPSA) is 124 Å². The minimum absolute atomic E-state index is 0.472. The van der Waals surface area contributed by atoms with E-state index in [4.69, 9.17) is 34.7 Å². The number of nitrogens with one attached hydrogen (secondary N) is 1. The first-order valence-electron chi connectivity index (χ1n) is 7.37. The van der Waals surface area contributed by atoms with Crippen LogP contribution >= 0.6 is 39.1 Å². The number of hydrogen-bond donors (Lipinski definition) is 3. The molecule has 0 unspecified atom stereocenters. The third-order valence-electron chi connectivity index (χ3n) is 2.76. The van der Waals surface area contributed by atoms with Gasteiger partial charge in [0.05, 0.1) is 28.1 Å². The summed E-state index contributed by atoms with van der Waals surface area (Å²) in [6.45, 7) is 0. The highest BCUT2D eigenvalue weighted by Crippen LogP contribution is 2.13. The molecule has 0 aromatic carbocycles. The van der Waals surface area contributed by atoms with E-state index in [2.05, 4.69) is 41.2 Å². The monoisotopic (exact) mass is 468 g/mol. The minimum Gasteiger partial charge on any atom is -0.384 e. The lowest BCUT2D eigenvalue weighted by atomic mass is 10.4. The molecule has 0 aliphatic carbocycles. The molecule has 0 atom stereocenters. The lowest BCUT2D eigenvalue weighted by Gasteiger charge is -1.99. The van der Waals surface area contributed by atoms with Gasteiger partial charge < -0.3 is 11.5 Å². The van der Waals surface area contributed by atoms with Crippen LogP contribution in [0.5, 0.6) is 0 Å². The number of nitrogen functional groups attached to an aromatic ring is 2. The summed E-state index contributed by atoms with van der Waals surface area (Å²) in [6, 6.07) is 6.95. The van der Waals surface area contributed by atoms with Gasteiger partial charge in [-0.3, -0.25) is 15.1 Å². The highest BCUT2D eigenvalue weighted by atomic mass is 79.9. The van der Waals surface area contributed by atoms with Crippen molar-refractivity contribution in [3.05, 3.63) is 76.0 Å². The van der Waals surface area contributed by atoms with E-state index in [1.54, 1.807) is 66.1 Å². The van der Waals surface area contributed by atoms with Gasteiger partial charge in [0.15, 0.2) is 0 Å². The number of pyridine rings is 2. The van der Waals surface area contributed by atoms with Gasteiger partial charge in [0, 0.05) is 35.3 Å². The first kappa shape index (κ1) is 20.7. The Morgan fingerprint density at radius 1 is 0.963 bits per heavy atom. The molecular weight excluding hydrogens is 455 g/mol. The summed E-state index contributed by atoms with van der Waals surface area (Å²) < 4.78 is 2.53. The van der Waals surface area contributed by atoms with Crippen LogP contribution in [0.25, 0.3) is 5.69 Å². The highest BCUT2D eigenvalue weighted by Gasteiger charge is 1.98. The number of nitrogens with zero attached hydrogens (tertiary/aromatic N) is 5. The predicted octanol–water partition coefficient (Wildman–Crippen LogP) is 3.99. The molecule has 11 heteroatoms. The molecule has 0 aliphatic heterocycles. The van der Waals surface area contributed by atoms with Crippen molar-refractivity contribution < 1.29 is 0 Å². The quantitative estimate of drug-likeness (QED) is 0.387. The van der Waals surface area contributed by atoms with Crippen LogP contribution in [0.2, 0.25) is 10.0 Å². The van der Waals surface area contributed by atoms with Gasteiger partial charge in [0.2, 0.25) is 0 Å². The van der Waals surface area contributed by atoms with E-state index < -0.39 is 0 Å². The summed E-state index contributed by atoms with van der Waals surface area (Å²) in [7, 11) is 0. The van der Waals surface area contributed by atoms with Crippen molar-refractivity contribution in [2.24, 2.45) is 0 Å². The molecule has 0 saturated heterocycles. The zero-order valence-electron chi connectivity index (χ0n) is 13.8. The second-order valence-corrected chi connectivity index (χ2v) is 6.67. The second-order valence-electron chi connectivity index (χ2n) is 4.88. The van der Waals surface area contributed by atoms with Crippen LogP contribution < -0.4 is 11.5 Å². The van der Waals surface area contributed by atoms with E-state index in [0.29, 0.717) is 21.7 Å². The molecule has 0 aliphatic rings. The molecular formula is C16H15BrCl2N8. The molecule has 8 nitrogen and oxygen atoms in total. The number of H-pyrrole nitrogens is 1. The van der Waals surface area contributed by atoms with Gasteiger partial charge in [0.1, 0.15) is 11.6 Å². The molecule has 0 saturated carbocycles. The number of aromatic amines is 1. The molecule has 0 radical (unpaired) electrons. The van der Waals surface area contributed by atoms with Gasteiger partial charge in [-0.05, 0) is 34.1 Å². The Morgan fingerprint density at radius 3 is 2.07 bits per heavy atom. The number of halogens is 3. The number of hydrogen-bond acceptors (Lipinski definition) is 6. The molecule has 0 amide bonds. The highest BCUT2D eigenvalue weighted by molar-refractivity contribution is 9.10. The molecule has 4 heterocycles. The summed E-state index contributed by atoms with van der Waals surface area (Å²) in [5.74, 6) is 1.08. The van der Waals surface area contributed by atoms with Gasteiger partial charge in [-0.15, -0.1) is 0 Å². The Labute approximate surface area is 173 Å². The zero-order valence-corrected chi connectivity index (χ0v) is 16.9. The van der Waals surface area contributed by atoms with E-state index in [1.807, 2.05) is 0 Å². The van der Waals surface area contributed by atoms with E-state index in [1.165, 1.54) is 0 Å². The van der Waals surface area contributed by atoms with E-state index >= 15 is 0 Å². The van der Waals surface area contributed by atoms with E-state index in [9.17, 15) is 0 Å². The Kier molecular flexibility index (Phi) is 8.05. The Balaban J connectivity index is 0.000000159. The fraction of sp³-hybridized carbons (Fsp3) is 0. The van der Waals surface area contributed by atoms with Crippen LogP contribution in [-0.2, 0) is 0 Å². The van der Waals surface area contributed by atoms with Gasteiger partial charge in [-0.1, -0.05) is 23.2 Å². The molecule has 140 valence electrons. The van der Waals surface area contributed by atoms with E-state index in [-0.39, 0.29) is 0 Å². The zero-order chi connectivity index (χ0) is 19.6. The SMILES string of the molecule is Clc1cncc(Br)c1.Nc1ccn(-c2cncc(Cl)c2)n1.Nc1ccn[nH]1. The summed E-state index contributed by atoms with van der Waals surface area (Å²) in [4.78, 5) is 7.74. The van der Waals surface area contributed by atoms with Crippen LogP contribution in [-0.4, -0.2) is 29.9 Å². The van der Waals surface area contributed by atoms with Crippen molar-refractivity contribution in [2.75, 3.05) is 11.5 Å². The summed E-state index contributed by atoms with van der Waals surface area (Å²) in [6.07, 6.45) is 9.87. The Bertz CT molecular complexity index is 941. The van der Waals surface area contributed by atoms with Gasteiger partial charge in [-0.2, -0.15) is 10.2 Å². The van der Waals surface area contributed by atoms with Crippen LogP contribution in [0, 0.1) is 0 Å². The molecule has 27 heavy (non-hydrogen) atoms. The molecule has 0 bridgehead atoms. The maximum absolute atomic E-state index is 5.77. The maximum atomic E-state index is 5.77. The largest absolute Gasteiger partial charge is 0.384 e. The van der Waals surface area contributed by atoms with Crippen molar-refractivity contribution in [1.29, 1.82) is 0 Å². The number of aromatic nitrogens is 6. The van der Waals surface area contributed by atoms with E-state index in [0.717, 1.165) is 10.2 Å². The fourth-order valence-electron chi connectivity index (χ4n) is 1.66. The first-order valence-corrected chi connectivity index (χ1v) is 8.92. The van der Waals surface area contributed by atoms with Gasteiger partial charge >= 0.3 is 0 Å². The van der Waals surface area contributed by atoms with Crippen LogP contribution in [0.3, 0.4) is 0 Å². The fourth-order valence-corrected chi connectivity index (χ4v) is 2.50. The van der Waals surface area contributed by atoms with Crippen LogP contribution in [0.15, 0.2) is 65.9 Å². The maximum Gasteiger partial charge on any atom is 0.145 e. The van der Waals surface area contributed by atoms with Gasteiger partial charge in [0.25, 0.3) is 0 Å². The predicted molar refractivity (Wildman–Crippen MR) is 111 cm³/mol. The summed E-state index contributed by atoms with van der Waals surface area (Å²) in [5.41, 5.74) is 11.4. The Morgan fingerprint density at radius 2 is 1.67 bits per heavy atom. The average molecular weight is 470 g/mol. The van der Waals surface area contributed by atoms with Gasteiger partial charge in [-0.25, -0.2) is 4.68 Å². The Hall–Kier alpha value is -2.62. The smallest absolute Gasteiger partial charge is 0.145 e. The number of anilines is 2. The van der Waals surface area contributed by atoms with Crippen molar-refractivity contribution in [3.8, 4) is 5.69 Å². The summed E-state index contributed by atoms with van der Waals surface area (Å²) >= 11 is 14.5. The molecule has 5 N–H and O–H groups in total. The number of nitrogens with two attached hydrogens (primary N) is 2. The first-order chi connectivity index (χ1) is 12.9. The van der Waals surface area contributed by atoms with Crippen LogP contribution in [0.1, 0.15) is 0 Å². The standard InChI is InChI=1S/C8H7ClN4.C5H3BrClN.C3H5N3/c9-6-3-7(5-11-4-6)13-2-1-8(10)12-13;6-4-1-5(7)3-8-2-4;4-3-1-2-5-6-3/h1-5H,(H2,10,12);1-3H;1-2H,(H3,4,5,6). The molecule has 4 rings (SSSR count). The molecule has 0 fully saturated rings. The third-order valence-corrected chi connectivity index (χ3v) is 3.61.